The number of ether oxygens (including phenoxy) is 2. The van der Waals surface area contributed by atoms with Crippen LogP contribution >= 0.6 is 0 Å². The molecule has 2 heterocycles. The molecule has 1 aliphatic rings. The number of para-hydroxylation sites is 1. The van der Waals surface area contributed by atoms with E-state index in [1.165, 1.54) is 0 Å². The van der Waals surface area contributed by atoms with Gasteiger partial charge in [-0.1, -0.05) is 18.2 Å². The van der Waals surface area contributed by atoms with Crippen molar-refractivity contribution in [3.8, 4) is 11.5 Å². The highest BCUT2D eigenvalue weighted by molar-refractivity contribution is 6.44. The van der Waals surface area contributed by atoms with Crippen LogP contribution in [-0.2, 0) is 11.3 Å². The van der Waals surface area contributed by atoms with Crippen LogP contribution in [0.3, 0.4) is 0 Å². The molecule has 4 rings (SSSR count). The van der Waals surface area contributed by atoms with Gasteiger partial charge in [-0.3, -0.25) is 9.59 Å². The summed E-state index contributed by atoms with van der Waals surface area (Å²) >= 11 is 0. The molecule has 0 atom stereocenters. The van der Waals surface area contributed by atoms with Gasteiger partial charge in [-0.25, -0.2) is 0 Å². The van der Waals surface area contributed by atoms with Crippen LogP contribution < -0.4 is 9.47 Å². The first-order valence-electron chi connectivity index (χ1n) is 10.4. The quantitative estimate of drug-likeness (QED) is 0.441. The van der Waals surface area contributed by atoms with Crippen molar-refractivity contribution in [2.24, 2.45) is 0 Å². The molecule has 6 heteroatoms. The van der Waals surface area contributed by atoms with E-state index in [1.54, 1.807) is 18.2 Å². The van der Waals surface area contributed by atoms with E-state index in [2.05, 4.69) is 0 Å². The number of carbonyl (C=O) groups excluding carboxylic acids is 2. The predicted octanol–water partition coefficient (Wildman–Crippen LogP) is 3.92. The number of methoxy groups -OCH3 is 1. The van der Waals surface area contributed by atoms with E-state index in [1.807, 2.05) is 53.1 Å². The molecule has 1 fully saturated rings. The van der Waals surface area contributed by atoms with Crippen LogP contribution in [0.1, 0.15) is 29.6 Å². The predicted molar refractivity (Wildman–Crippen MR) is 115 cm³/mol. The summed E-state index contributed by atoms with van der Waals surface area (Å²) in [6, 6.07) is 15.1. The van der Waals surface area contributed by atoms with Gasteiger partial charge in [0.05, 0.1) is 19.2 Å². The zero-order valence-corrected chi connectivity index (χ0v) is 17.2. The number of aromatic nitrogens is 1. The summed E-state index contributed by atoms with van der Waals surface area (Å²) in [7, 11) is 1.63. The minimum Gasteiger partial charge on any atom is -0.497 e. The normalized spacial score (nSPS) is 14.0. The third-order valence-electron chi connectivity index (χ3n) is 5.53. The van der Waals surface area contributed by atoms with Crippen molar-refractivity contribution >= 4 is 22.6 Å². The number of fused-ring (bicyclic) bond motifs is 1. The van der Waals surface area contributed by atoms with Crippen LogP contribution in [0.4, 0.5) is 0 Å². The summed E-state index contributed by atoms with van der Waals surface area (Å²) in [5, 5.41) is 0.803. The van der Waals surface area contributed by atoms with Crippen molar-refractivity contribution in [2.75, 3.05) is 26.8 Å². The highest BCUT2D eigenvalue weighted by Crippen LogP contribution is 2.23. The molecule has 0 spiro atoms. The fraction of sp³-hybridized carbons (Fsp3) is 0.333. The molecule has 0 unspecified atom stereocenters. The van der Waals surface area contributed by atoms with Crippen LogP contribution in [-0.4, -0.2) is 48.0 Å². The van der Waals surface area contributed by atoms with Gasteiger partial charge in [0.25, 0.3) is 11.7 Å². The van der Waals surface area contributed by atoms with Crippen molar-refractivity contribution in [1.82, 2.24) is 9.47 Å². The number of nitrogens with zero attached hydrogens (tertiary/aromatic N) is 2. The Balaban J connectivity index is 1.50. The molecule has 3 aromatic rings. The molecular formula is C24H26N2O4. The number of amides is 1. The fourth-order valence-electron chi connectivity index (χ4n) is 3.90. The number of rotatable bonds is 7. The Morgan fingerprint density at radius 3 is 2.37 bits per heavy atom. The van der Waals surface area contributed by atoms with E-state index in [4.69, 9.17) is 9.47 Å². The molecule has 2 aromatic carbocycles. The van der Waals surface area contributed by atoms with Crippen molar-refractivity contribution in [2.45, 2.75) is 25.8 Å². The van der Waals surface area contributed by atoms with Crippen molar-refractivity contribution in [3.05, 3.63) is 60.3 Å². The van der Waals surface area contributed by atoms with E-state index in [-0.39, 0.29) is 0 Å². The lowest BCUT2D eigenvalue weighted by molar-refractivity contribution is -0.127. The summed E-state index contributed by atoms with van der Waals surface area (Å²) in [5.74, 6) is 0.708. The molecule has 1 amide bonds. The number of ketones is 1. The van der Waals surface area contributed by atoms with Crippen LogP contribution in [0.15, 0.2) is 54.7 Å². The van der Waals surface area contributed by atoms with Gasteiger partial charge < -0.3 is 18.9 Å². The summed E-state index contributed by atoms with van der Waals surface area (Å²) in [6.07, 6.45) is 4.82. The molecule has 0 bridgehead atoms. The fourth-order valence-corrected chi connectivity index (χ4v) is 3.90. The van der Waals surface area contributed by atoms with Crippen molar-refractivity contribution < 1.29 is 19.1 Å². The Morgan fingerprint density at radius 1 is 0.933 bits per heavy atom. The maximum atomic E-state index is 13.0. The third kappa shape index (κ3) is 4.17. The maximum absolute atomic E-state index is 13.0. The summed E-state index contributed by atoms with van der Waals surface area (Å²) < 4.78 is 13.0. The number of likely N-dealkylation sites (tertiary alicyclic amines) is 1. The molecule has 1 saturated heterocycles. The first kappa shape index (κ1) is 20.0. The number of benzene rings is 2. The third-order valence-corrected chi connectivity index (χ3v) is 5.53. The van der Waals surface area contributed by atoms with Crippen molar-refractivity contribution in [3.63, 3.8) is 0 Å². The van der Waals surface area contributed by atoms with Gasteiger partial charge in [-0.05, 0) is 49.6 Å². The Bertz CT molecular complexity index is 1030. The SMILES string of the molecule is COc1ccc(OCCn2cc(C(=O)C(=O)N3CCCCC3)c3ccccc32)cc1. The molecule has 156 valence electrons. The van der Waals surface area contributed by atoms with E-state index in [0.29, 0.717) is 31.8 Å². The number of hydrogen-bond acceptors (Lipinski definition) is 4. The average Bonchev–Trinajstić information content (AvgIpc) is 3.18. The second-order valence-electron chi connectivity index (χ2n) is 7.46. The topological polar surface area (TPSA) is 60.8 Å². The molecule has 0 aliphatic carbocycles. The molecule has 30 heavy (non-hydrogen) atoms. The Labute approximate surface area is 176 Å². The van der Waals surface area contributed by atoms with E-state index in [9.17, 15) is 9.59 Å². The minimum absolute atomic E-state index is 0.396. The summed E-state index contributed by atoms with van der Waals surface area (Å²) in [4.78, 5) is 27.4. The smallest absolute Gasteiger partial charge is 0.295 e. The standard InChI is InChI=1S/C24H26N2O4/c1-29-18-9-11-19(12-10-18)30-16-15-26-17-21(20-7-3-4-8-22(20)26)23(27)24(28)25-13-5-2-6-14-25/h3-4,7-12,17H,2,5-6,13-16H2,1H3. The van der Waals surface area contributed by atoms with Gasteiger partial charge in [0.2, 0.25) is 0 Å². The first-order valence-corrected chi connectivity index (χ1v) is 10.4. The molecule has 0 N–H and O–H groups in total. The van der Waals surface area contributed by atoms with Gasteiger partial charge in [0.1, 0.15) is 18.1 Å². The second kappa shape index (κ2) is 9.03. The first-order chi connectivity index (χ1) is 14.7. The van der Waals surface area contributed by atoms with Gasteiger partial charge in [0, 0.05) is 30.2 Å². The number of hydrogen-bond donors (Lipinski definition) is 0. The van der Waals surface area contributed by atoms with Gasteiger partial charge in [0.15, 0.2) is 0 Å². The summed E-state index contributed by atoms with van der Waals surface area (Å²) in [6.45, 7) is 2.34. The molecule has 1 aliphatic heterocycles. The highest BCUT2D eigenvalue weighted by Gasteiger charge is 2.27. The monoisotopic (exact) mass is 406 g/mol. The Morgan fingerprint density at radius 2 is 1.63 bits per heavy atom. The van der Waals surface area contributed by atoms with Crippen molar-refractivity contribution in [1.29, 1.82) is 0 Å². The second-order valence-corrected chi connectivity index (χ2v) is 7.46. The van der Waals surface area contributed by atoms with Crippen LogP contribution in [0.25, 0.3) is 10.9 Å². The molecular weight excluding hydrogens is 380 g/mol. The lowest BCUT2D eigenvalue weighted by Crippen LogP contribution is -2.40. The lowest BCUT2D eigenvalue weighted by atomic mass is 10.1. The van der Waals surface area contributed by atoms with E-state index in [0.717, 1.165) is 41.7 Å². The molecule has 0 radical (unpaired) electrons. The van der Waals surface area contributed by atoms with Gasteiger partial charge >= 0.3 is 0 Å². The molecule has 1 aromatic heterocycles. The lowest BCUT2D eigenvalue weighted by Gasteiger charge is -2.25. The highest BCUT2D eigenvalue weighted by atomic mass is 16.5. The maximum Gasteiger partial charge on any atom is 0.295 e. The molecule has 6 nitrogen and oxygen atoms in total. The largest absolute Gasteiger partial charge is 0.497 e. The Kier molecular flexibility index (Phi) is 6.02. The van der Waals surface area contributed by atoms with Gasteiger partial charge in [-0.15, -0.1) is 0 Å². The molecule has 0 saturated carbocycles. The average molecular weight is 406 g/mol. The van der Waals surface area contributed by atoms with Crippen LogP contribution in [0.2, 0.25) is 0 Å². The Hall–Kier alpha value is -3.28. The zero-order valence-electron chi connectivity index (χ0n) is 17.2. The minimum atomic E-state index is -0.428. The number of carbonyl (C=O) groups is 2. The van der Waals surface area contributed by atoms with E-state index >= 15 is 0 Å². The zero-order chi connectivity index (χ0) is 20.9. The summed E-state index contributed by atoms with van der Waals surface area (Å²) in [5.41, 5.74) is 1.39. The van der Waals surface area contributed by atoms with Crippen LogP contribution in [0.5, 0.6) is 11.5 Å². The number of Topliss-reactive ketones (excluding diaryl/α,β-unsaturated/α-hetero) is 1. The van der Waals surface area contributed by atoms with Crippen LogP contribution in [0, 0.1) is 0 Å². The van der Waals surface area contributed by atoms with E-state index < -0.39 is 11.7 Å². The van der Waals surface area contributed by atoms with Gasteiger partial charge in [-0.2, -0.15) is 0 Å². The number of piperidine rings is 1.